The first kappa shape index (κ1) is 24.5. The molecule has 7 nitrogen and oxygen atoms in total. The minimum absolute atomic E-state index is 0.122. The molecule has 0 saturated carbocycles. The highest BCUT2D eigenvalue weighted by atomic mass is 19.4. The molecule has 0 bridgehead atoms. The number of rotatable bonds is 13. The molecule has 0 aliphatic carbocycles. The summed E-state index contributed by atoms with van der Waals surface area (Å²) in [7, 11) is 0. The second-order valence-corrected chi connectivity index (χ2v) is 7.43. The van der Waals surface area contributed by atoms with Gasteiger partial charge < -0.3 is 14.7 Å². The van der Waals surface area contributed by atoms with Gasteiger partial charge in [-0.2, -0.15) is 13.2 Å². The zero-order chi connectivity index (χ0) is 22.9. The van der Waals surface area contributed by atoms with Gasteiger partial charge in [-0.3, -0.25) is 14.9 Å². The number of carbonyl (C=O) groups is 3. The number of halogens is 3. The number of nitrogens with one attached hydrogen (secondary N) is 1. The monoisotopic (exact) mass is 444 g/mol. The molecule has 1 fully saturated rings. The fraction of sp³-hybridized carbons (Fsp3) is 0.571. The van der Waals surface area contributed by atoms with Crippen LogP contribution in [0.25, 0.3) is 0 Å². The molecule has 1 aromatic rings. The van der Waals surface area contributed by atoms with Crippen LogP contribution in [0, 0.1) is 0 Å². The smallest absolute Gasteiger partial charge is 0.416 e. The van der Waals surface area contributed by atoms with E-state index in [2.05, 4.69) is 5.32 Å². The molecule has 0 spiro atoms. The molecule has 31 heavy (non-hydrogen) atoms. The van der Waals surface area contributed by atoms with Crippen LogP contribution in [0.15, 0.2) is 24.3 Å². The number of unbranched alkanes of at least 4 members (excludes halogenated alkanes) is 4. The second kappa shape index (κ2) is 11.6. The predicted octanol–water partition coefficient (Wildman–Crippen LogP) is 4.21. The Morgan fingerprint density at radius 3 is 2.55 bits per heavy atom. The summed E-state index contributed by atoms with van der Waals surface area (Å²) in [6, 6.07) is 3.66. The molecule has 0 aromatic heterocycles. The third kappa shape index (κ3) is 8.10. The maximum atomic E-state index is 12.7. The van der Waals surface area contributed by atoms with Gasteiger partial charge in [-0.15, -0.1) is 0 Å². The van der Waals surface area contributed by atoms with Gasteiger partial charge in [0.25, 0.3) is 5.91 Å². The van der Waals surface area contributed by atoms with Crippen molar-refractivity contribution in [2.24, 2.45) is 0 Å². The lowest BCUT2D eigenvalue weighted by Gasteiger charge is -2.21. The van der Waals surface area contributed by atoms with Crippen molar-refractivity contribution in [3.05, 3.63) is 29.8 Å². The molecule has 1 heterocycles. The van der Waals surface area contributed by atoms with E-state index in [0.717, 1.165) is 25.0 Å². The number of benzene rings is 1. The number of urea groups is 1. The number of amides is 3. The summed E-state index contributed by atoms with van der Waals surface area (Å²) in [6.07, 6.45) is 0.0694. The molecule has 2 rings (SSSR count). The van der Waals surface area contributed by atoms with Crippen molar-refractivity contribution in [2.75, 3.05) is 13.2 Å². The summed E-state index contributed by atoms with van der Waals surface area (Å²) in [5, 5.41) is 10.9. The van der Waals surface area contributed by atoms with E-state index in [1.54, 1.807) is 0 Å². The van der Waals surface area contributed by atoms with Gasteiger partial charge >= 0.3 is 18.2 Å². The first-order valence-electron chi connectivity index (χ1n) is 10.3. The van der Waals surface area contributed by atoms with Crippen molar-refractivity contribution in [3.63, 3.8) is 0 Å². The van der Waals surface area contributed by atoms with E-state index in [0.29, 0.717) is 38.6 Å². The van der Waals surface area contributed by atoms with Gasteiger partial charge in [0.2, 0.25) is 0 Å². The highest BCUT2D eigenvalue weighted by Gasteiger charge is 2.37. The highest BCUT2D eigenvalue weighted by Crippen LogP contribution is 2.31. The summed E-state index contributed by atoms with van der Waals surface area (Å²) >= 11 is 0. The summed E-state index contributed by atoms with van der Waals surface area (Å²) in [6.45, 7) is 0.534. The fourth-order valence-electron chi connectivity index (χ4n) is 3.39. The lowest BCUT2D eigenvalue weighted by molar-refractivity contribution is -0.138. The van der Waals surface area contributed by atoms with Crippen molar-refractivity contribution in [1.82, 2.24) is 10.2 Å². The molecule has 1 aromatic carbocycles. The van der Waals surface area contributed by atoms with Crippen LogP contribution < -0.4 is 10.1 Å². The van der Waals surface area contributed by atoms with Crippen LogP contribution in [0.3, 0.4) is 0 Å². The molecule has 10 heteroatoms. The standard InChI is InChI=1S/C21H27F3N2O5/c22-21(23,24)15-8-7-9-16(14-15)31-13-6-5-12-26-17(19(29)25-20(26)30)10-3-1-2-4-11-18(27)28/h7-9,14,17H,1-6,10-13H2,(H,27,28)(H,25,29,30). The van der Waals surface area contributed by atoms with Crippen LogP contribution in [0.1, 0.15) is 56.9 Å². The number of imide groups is 1. The van der Waals surface area contributed by atoms with Gasteiger partial charge in [0.1, 0.15) is 11.8 Å². The molecule has 3 amide bonds. The Morgan fingerprint density at radius 1 is 1.10 bits per heavy atom. The summed E-state index contributed by atoms with van der Waals surface area (Å²) < 4.78 is 43.5. The van der Waals surface area contributed by atoms with Crippen LogP contribution in [-0.4, -0.2) is 47.1 Å². The number of nitrogens with zero attached hydrogens (tertiary/aromatic N) is 1. The minimum atomic E-state index is -4.43. The number of ether oxygens (including phenoxy) is 1. The molecular weight excluding hydrogens is 417 g/mol. The number of carbonyl (C=O) groups excluding carboxylic acids is 2. The Labute approximate surface area is 178 Å². The van der Waals surface area contributed by atoms with E-state index in [4.69, 9.17) is 9.84 Å². The van der Waals surface area contributed by atoms with Crippen LogP contribution >= 0.6 is 0 Å². The van der Waals surface area contributed by atoms with Gasteiger partial charge in [0, 0.05) is 13.0 Å². The van der Waals surface area contributed by atoms with Crippen molar-refractivity contribution < 1.29 is 37.4 Å². The maximum Gasteiger partial charge on any atom is 0.416 e. The van der Waals surface area contributed by atoms with Crippen molar-refractivity contribution >= 4 is 17.9 Å². The van der Waals surface area contributed by atoms with Crippen molar-refractivity contribution in [3.8, 4) is 5.75 Å². The maximum absolute atomic E-state index is 12.7. The van der Waals surface area contributed by atoms with Crippen LogP contribution in [0.2, 0.25) is 0 Å². The molecule has 2 N–H and O–H groups in total. The first-order valence-corrected chi connectivity index (χ1v) is 10.3. The number of carboxylic acids is 1. The lowest BCUT2D eigenvalue weighted by atomic mass is 10.1. The third-order valence-electron chi connectivity index (χ3n) is 5.01. The number of hydrogen-bond donors (Lipinski definition) is 2. The lowest BCUT2D eigenvalue weighted by Crippen LogP contribution is -2.36. The average Bonchev–Trinajstić information content (AvgIpc) is 2.96. The predicted molar refractivity (Wildman–Crippen MR) is 106 cm³/mol. The first-order chi connectivity index (χ1) is 14.7. The highest BCUT2D eigenvalue weighted by molar-refractivity contribution is 6.04. The number of aliphatic carboxylic acids is 1. The summed E-state index contributed by atoms with van der Waals surface area (Å²) in [5.41, 5.74) is -0.775. The van der Waals surface area contributed by atoms with Crippen LogP contribution in [0.5, 0.6) is 5.75 Å². The zero-order valence-electron chi connectivity index (χ0n) is 17.1. The SMILES string of the molecule is O=C(O)CCCCCCC1C(=O)NC(=O)N1CCCCOc1cccc(C(F)(F)F)c1. The van der Waals surface area contributed by atoms with Crippen molar-refractivity contribution in [2.45, 2.75) is 63.6 Å². The molecular formula is C21H27F3N2O5. The molecule has 1 aliphatic heterocycles. The summed E-state index contributed by atoms with van der Waals surface area (Å²) in [5.74, 6) is -1.04. The van der Waals surface area contributed by atoms with E-state index in [-0.39, 0.29) is 24.7 Å². The third-order valence-corrected chi connectivity index (χ3v) is 5.01. The fourth-order valence-corrected chi connectivity index (χ4v) is 3.39. The quantitative estimate of drug-likeness (QED) is 0.351. The van der Waals surface area contributed by atoms with Crippen molar-refractivity contribution in [1.29, 1.82) is 0 Å². The Hall–Kier alpha value is -2.78. The van der Waals surface area contributed by atoms with E-state index in [1.807, 2.05) is 0 Å². The summed E-state index contributed by atoms with van der Waals surface area (Å²) in [4.78, 5) is 36.0. The Kier molecular flexibility index (Phi) is 9.14. The van der Waals surface area contributed by atoms with E-state index in [1.165, 1.54) is 17.0 Å². The second-order valence-electron chi connectivity index (χ2n) is 7.43. The topological polar surface area (TPSA) is 95.9 Å². The zero-order valence-corrected chi connectivity index (χ0v) is 17.1. The normalized spacial score (nSPS) is 16.5. The van der Waals surface area contributed by atoms with E-state index < -0.39 is 29.8 Å². The van der Waals surface area contributed by atoms with Crippen LogP contribution in [0.4, 0.5) is 18.0 Å². The number of hydrogen-bond acceptors (Lipinski definition) is 4. The minimum Gasteiger partial charge on any atom is -0.494 e. The van der Waals surface area contributed by atoms with Crippen LogP contribution in [-0.2, 0) is 15.8 Å². The van der Waals surface area contributed by atoms with E-state index >= 15 is 0 Å². The van der Waals surface area contributed by atoms with Gasteiger partial charge in [0.15, 0.2) is 0 Å². The molecule has 1 aliphatic rings. The molecule has 1 saturated heterocycles. The Balaban J connectivity index is 1.70. The molecule has 1 unspecified atom stereocenters. The van der Waals surface area contributed by atoms with Gasteiger partial charge in [0.05, 0.1) is 12.2 Å². The molecule has 1 atom stereocenters. The Bertz CT molecular complexity index is 770. The van der Waals surface area contributed by atoms with Gasteiger partial charge in [-0.1, -0.05) is 25.3 Å². The average molecular weight is 444 g/mol. The molecule has 0 radical (unpaired) electrons. The largest absolute Gasteiger partial charge is 0.494 e. The van der Waals surface area contributed by atoms with Gasteiger partial charge in [-0.05, 0) is 43.9 Å². The molecule has 172 valence electrons. The van der Waals surface area contributed by atoms with E-state index in [9.17, 15) is 27.6 Å². The van der Waals surface area contributed by atoms with Gasteiger partial charge in [-0.25, -0.2) is 4.79 Å². The Morgan fingerprint density at radius 2 is 1.84 bits per heavy atom. The number of carboxylic acid groups (broad SMARTS) is 1. The number of alkyl halides is 3.